The molecule has 6 nitrogen and oxygen atoms in total. The maximum Gasteiger partial charge on any atom is 0.310 e. The highest BCUT2D eigenvalue weighted by Crippen LogP contribution is 2.08. The molecule has 2 aromatic rings. The molecule has 0 fully saturated rings. The van der Waals surface area contributed by atoms with E-state index >= 15 is 0 Å². The number of hydrogen-bond acceptors (Lipinski definition) is 4. The molecule has 0 saturated heterocycles. The number of hydrogen-bond donors (Lipinski definition) is 1. The monoisotopic (exact) mass is 376 g/mol. The van der Waals surface area contributed by atoms with Gasteiger partial charge in [0.1, 0.15) is 11.6 Å². The third-order valence-electron chi connectivity index (χ3n) is 3.55. The van der Waals surface area contributed by atoms with Gasteiger partial charge < -0.3 is 15.0 Å². The number of amides is 2. The first-order valence-corrected chi connectivity index (χ1v) is 8.03. The van der Waals surface area contributed by atoms with E-state index < -0.39 is 36.0 Å². The predicted molar refractivity (Wildman–Crippen MR) is 93.7 cm³/mol. The van der Waals surface area contributed by atoms with Crippen LogP contribution in [0.5, 0.6) is 0 Å². The summed E-state index contributed by atoms with van der Waals surface area (Å²) in [6.07, 6.45) is -0.0949. The van der Waals surface area contributed by atoms with Crippen LogP contribution in [0.1, 0.15) is 5.56 Å². The zero-order chi connectivity index (χ0) is 19.8. The van der Waals surface area contributed by atoms with E-state index in [0.717, 1.165) is 4.90 Å². The van der Waals surface area contributed by atoms with Crippen molar-refractivity contribution in [2.75, 3.05) is 25.5 Å². The molecule has 142 valence electrons. The van der Waals surface area contributed by atoms with Crippen molar-refractivity contribution in [1.82, 2.24) is 4.90 Å². The maximum atomic E-state index is 12.8. The Bertz CT molecular complexity index is 807. The number of rotatable bonds is 7. The second kappa shape index (κ2) is 9.42. The number of carbonyl (C=O) groups excluding carboxylic acids is 3. The average Bonchev–Trinajstić information content (AvgIpc) is 2.63. The summed E-state index contributed by atoms with van der Waals surface area (Å²) in [7, 11) is 1.39. The minimum absolute atomic E-state index is 0.0949. The lowest BCUT2D eigenvalue weighted by Crippen LogP contribution is -2.37. The van der Waals surface area contributed by atoms with Crippen LogP contribution in [0, 0.1) is 11.6 Å². The number of ether oxygens (including phenoxy) is 1. The first-order valence-electron chi connectivity index (χ1n) is 8.03. The zero-order valence-corrected chi connectivity index (χ0v) is 14.6. The van der Waals surface area contributed by atoms with Gasteiger partial charge in [-0.2, -0.15) is 0 Å². The first kappa shape index (κ1) is 20.0. The van der Waals surface area contributed by atoms with Gasteiger partial charge in [-0.05, 0) is 42.0 Å². The number of halogens is 2. The van der Waals surface area contributed by atoms with Gasteiger partial charge in [-0.3, -0.25) is 14.4 Å². The number of nitrogens with zero attached hydrogens (tertiary/aromatic N) is 1. The van der Waals surface area contributed by atoms with Crippen molar-refractivity contribution in [2.24, 2.45) is 0 Å². The molecule has 8 heteroatoms. The molecule has 0 saturated carbocycles. The predicted octanol–water partition coefficient (Wildman–Crippen LogP) is 2.15. The van der Waals surface area contributed by atoms with Gasteiger partial charge in [0, 0.05) is 12.7 Å². The van der Waals surface area contributed by atoms with Crippen LogP contribution in [-0.4, -0.2) is 42.9 Å². The number of likely N-dealkylation sites (N-methyl/N-ethyl adjacent to an activating group) is 1. The van der Waals surface area contributed by atoms with Crippen LogP contribution in [0.2, 0.25) is 0 Å². The largest absolute Gasteiger partial charge is 0.455 e. The highest BCUT2D eigenvalue weighted by molar-refractivity contribution is 5.94. The molecule has 0 radical (unpaired) electrons. The lowest BCUT2D eigenvalue weighted by Gasteiger charge is -2.16. The fraction of sp³-hybridized carbons (Fsp3) is 0.211. The van der Waals surface area contributed by atoms with E-state index in [1.807, 2.05) is 0 Å². The Balaban J connectivity index is 1.74. The molecule has 27 heavy (non-hydrogen) atoms. The van der Waals surface area contributed by atoms with Crippen LogP contribution >= 0.6 is 0 Å². The summed E-state index contributed by atoms with van der Waals surface area (Å²) in [6.45, 7) is -0.772. The van der Waals surface area contributed by atoms with Gasteiger partial charge >= 0.3 is 5.97 Å². The third-order valence-corrected chi connectivity index (χ3v) is 3.55. The lowest BCUT2D eigenvalue weighted by atomic mass is 10.1. The highest BCUT2D eigenvalue weighted by atomic mass is 19.1. The molecule has 1 N–H and O–H groups in total. The second-order valence-corrected chi connectivity index (χ2v) is 5.77. The molecule has 2 rings (SSSR count). The molecular formula is C19H18F2N2O4. The molecule has 0 aliphatic carbocycles. The van der Waals surface area contributed by atoms with Gasteiger partial charge in [0.2, 0.25) is 5.91 Å². The van der Waals surface area contributed by atoms with Gasteiger partial charge in [0.15, 0.2) is 6.61 Å². The summed E-state index contributed by atoms with van der Waals surface area (Å²) in [5, 5.41) is 2.52. The maximum absolute atomic E-state index is 12.8. The Labute approximate surface area is 154 Å². The fourth-order valence-electron chi connectivity index (χ4n) is 2.11. The summed E-state index contributed by atoms with van der Waals surface area (Å²) >= 11 is 0. The van der Waals surface area contributed by atoms with E-state index in [2.05, 4.69) is 5.32 Å². The number of esters is 1. The minimum Gasteiger partial charge on any atom is -0.455 e. The molecule has 0 aliphatic rings. The highest BCUT2D eigenvalue weighted by Gasteiger charge is 2.15. The van der Waals surface area contributed by atoms with Crippen LogP contribution in [0.4, 0.5) is 14.5 Å². The Morgan fingerprint density at radius 2 is 1.52 bits per heavy atom. The van der Waals surface area contributed by atoms with Gasteiger partial charge in [-0.1, -0.05) is 12.1 Å². The number of benzene rings is 2. The van der Waals surface area contributed by atoms with Crippen molar-refractivity contribution in [2.45, 2.75) is 6.42 Å². The molecule has 0 bridgehead atoms. The number of anilines is 1. The van der Waals surface area contributed by atoms with Crippen molar-refractivity contribution in [3.63, 3.8) is 0 Å². The quantitative estimate of drug-likeness (QED) is 0.752. The zero-order valence-electron chi connectivity index (χ0n) is 14.6. The summed E-state index contributed by atoms with van der Waals surface area (Å²) in [5.41, 5.74) is 0.953. The third kappa shape index (κ3) is 6.85. The summed E-state index contributed by atoms with van der Waals surface area (Å²) in [6, 6.07) is 10.5. The van der Waals surface area contributed by atoms with E-state index in [1.165, 1.54) is 55.6 Å². The fourth-order valence-corrected chi connectivity index (χ4v) is 2.11. The molecule has 2 amide bonds. The van der Waals surface area contributed by atoms with Crippen molar-refractivity contribution < 1.29 is 27.9 Å². The molecule has 0 spiro atoms. The van der Waals surface area contributed by atoms with Crippen LogP contribution in [0.25, 0.3) is 0 Å². The topological polar surface area (TPSA) is 75.7 Å². The van der Waals surface area contributed by atoms with Gasteiger partial charge in [-0.25, -0.2) is 8.78 Å². The van der Waals surface area contributed by atoms with E-state index in [0.29, 0.717) is 11.3 Å². The van der Waals surface area contributed by atoms with Crippen LogP contribution < -0.4 is 5.32 Å². The Morgan fingerprint density at radius 1 is 0.963 bits per heavy atom. The summed E-state index contributed by atoms with van der Waals surface area (Å²) in [4.78, 5) is 36.6. The molecule has 2 aromatic carbocycles. The Kier molecular flexibility index (Phi) is 6.99. The minimum atomic E-state index is -0.640. The van der Waals surface area contributed by atoms with Gasteiger partial charge in [0.25, 0.3) is 5.91 Å². The number of nitrogens with one attached hydrogen (secondary N) is 1. The normalized spacial score (nSPS) is 10.2. The first-order chi connectivity index (χ1) is 12.8. The molecule has 0 heterocycles. The van der Waals surface area contributed by atoms with Gasteiger partial charge in [-0.15, -0.1) is 0 Å². The summed E-state index contributed by atoms with van der Waals surface area (Å²) in [5.74, 6) is -2.52. The van der Waals surface area contributed by atoms with E-state index in [4.69, 9.17) is 4.74 Å². The van der Waals surface area contributed by atoms with E-state index in [1.54, 1.807) is 0 Å². The van der Waals surface area contributed by atoms with Gasteiger partial charge in [0.05, 0.1) is 13.0 Å². The van der Waals surface area contributed by atoms with Crippen molar-refractivity contribution in [3.05, 3.63) is 65.7 Å². The molecule has 0 unspecified atom stereocenters. The Hall–Kier alpha value is -3.29. The standard InChI is InChI=1S/C19H18F2N2O4/c1-23(11-17(24)22-16-8-6-15(21)7-9-16)18(25)12-27-19(26)10-13-2-4-14(20)5-3-13/h2-9H,10-12H2,1H3,(H,22,24). The van der Waals surface area contributed by atoms with Crippen molar-refractivity contribution in [3.8, 4) is 0 Å². The van der Waals surface area contributed by atoms with Crippen molar-refractivity contribution >= 4 is 23.5 Å². The van der Waals surface area contributed by atoms with Crippen LogP contribution in [0.3, 0.4) is 0 Å². The van der Waals surface area contributed by atoms with E-state index in [-0.39, 0.29) is 13.0 Å². The average molecular weight is 376 g/mol. The van der Waals surface area contributed by atoms with E-state index in [9.17, 15) is 23.2 Å². The SMILES string of the molecule is CN(CC(=O)Nc1ccc(F)cc1)C(=O)COC(=O)Cc1ccc(F)cc1. The van der Waals surface area contributed by atoms with Crippen molar-refractivity contribution in [1.29, 1.82) is 0 Å². The second-order valence-electron chi connectivity index (χ2n) is 5.77. The Morgan fingerprint density at radius 3 is 2.11 bits per heavy atom. The van der Waals surface area contributed by atoms with Crippen LogP contribution in [-0.2, 0) is 25.5 Å². The molecular weight excluding hydrogens is 358 g/mol. The smallest absolute Gasteiger partial charge is 0.310 e. The molecule has 0 aliphatic heterocycles. The lowest BCUT2D eigenvalue weighted by molar-refractivity contribution is -0.151. The summed E-state index contributed by atoms with van der Waals surface area (Å²) < 4.78 is 30.5. The van der Waals surface area contributed by atoms with Crippen LogP contribution in [0.15, 0.2) is 48.5 Å². The molecule has 0 aromatic heterocycles. The number of carbonyl (C=O) groups is 3. The molecule has 0 atom stereocenters.